The number of carbonyl (C=O) groups excluding carboxylic acids is 4. The molecule has 1 aromatic heterocycles. The molecule has 3 heterocycles. The van der Waals surface area contributed by atoms with E-state index in [1.54, 1.807) is 20.8 Å². The molecule has 168 valence electrons. The van der Waals surface area contributed by atoms with Crippen LogP contribution in [0.4, 0.5) is 0 Å². The first-order valence-electron chi connectivity index (χ1n) is 9.32. The molecular formula is C18H22N4O8S. The summed E-state index contributed by atoms with van der Waals surface area (Å²) in [5.74, 6) is -2.67. The third-order valence-corrected chi connectivity index (χ3v) is 5.54. The first-order chi connectivity index (χ1) is 14.5. The highest BCUT2D eigenvalue weighted by atomic mass is 32.2. The van der Waals surface area contributed by atoms with Crippen LogP contribution in [-0.4, -0.2) is 63.3 Å². The van der Waals surface area contributed by atoms with Gasteiger partial charge in [0, 0.05) is 18.2 Å². The molecule has 31 heavy (non-hydrogen) atoms. The van der Waals surface area contributed by atoms with Gasteiger partial charge >= 0.3 is 11.9 Å². The Balaban J connectivity index is 1.75. The zero-order valence-corrected chi connectivity index (χ0v) is 18.2. The van der Waals surface area contributed by atoms with Crippen molar-refractivity contribution in [3.05, 3.63) is 17.5 Å². The first kappa shape index (κ1) is 22.6. The van der Waals surface area contributed by atoms with Gasteiger partial charge in [0.1, 0.15) is 35.3 Å². The van der Waals surface area contributed by atoms with Gasteiger partial charge in [-0.2, -0.15) is 0 Å². The maximum atomic E-state index is 12.8. The Morgan fingerprint density at radius 3 is 2.71 bits per heavy atom. The molecule has 0 bridgehead atoms. The quantitative estimate of drug-likeness (QED) is 0.308. The number of nitrogens with zero attached hydrogens (tertiary/aromatic N) is 3. The minimum atomic E-state index is -0.871. The van der Waals surface area contributed by atoms with Gasteiger partial charge in [-0.15, -0.1) is 11.8 Å². The molecule has 0 aromatic carbocycles. The molecule has 1 fully saturated rings. The van der Waals surface area contributed by atoms with Crippen LogP contribution in [0.25, 0.3) is 0 Å². The van der Waals surface area contributed by atoms with Crippen LogP contribution in [0.15, 0.2) is 22.0 Å². The number of esters is 2. The summed E-state index contributed by atoms with van der Waals surface area (Å²) in [7, 11) is 0. The summed E-state index contributed by atoms with van der Waals surface area (Å²) in [6.07, 6.45) is 1.01. The first-order valence-corrected chi connectivity index (χ1v) is 10.4. The van der Waals surface area contributed by atoms with Crippen LogP contribution < -0.4 is 15.1 Å². The van der Waals surface area contributed by atoms with Crippen LogP contribution in [0.2, 0.25) is 0 Å². The third kappa shape index (κ3) is 5.16. The number of thioether (sulfide) groups is 1. The molecule has 1 aromatic rings. The second kappa shape index (κ2) is 8.57. The average Bonchev–Trinajstić information content (AvgIpc) is 3.06. The number of rotatable bonds is 6. The maximum Gasteiger partial charge on any atom is 0.355 e. The molecule has 0 aliphatic carbocycles. The van der Waals surface area contributed by atoms with Crippen molar-refractivity contribution in [3.63, 3.8) is 0 Å². The van der Waals surface area contributed by atoms with Crippen molar-refractivity contribution in [2.45, 2.75) is 51.3 Å². The van der Waals surface area contributed by atoms with Gasteiger partial charge in [0.25, 0.3) is 18.4 Å². The fourth-order valence-corrected chi connectivity index (χ4v) is 4.33. The number of nitrogens with one attached hydrogen (secondary N) is 1. The van der Waals surface area contributed by atoms with Gasteiger partial charge in [-0.3, -0.25) is 19.3 Å². The van der Waals surface area contributed by atoms with Gasteiger partial charge in [0.15, 0.2) is 0 Å². The van der Waals surface area contributed by atoms with Gasteiger partial charge in [-0.05, 0) is 20.8 Å². The summed E-state index contributed by atoms with van der Waals surface area (Å²) in [5, 5.41) is 16.4. The van der Waals surface area contributed by atoms with E-state index in [9.17, 15) is 24.3 Å². The Hall–Kier alpha value is -3.09. The molecule has 2 atom stereocenters. The zero-order valence-electron chi connectivity index (χ0n) is 17.4. The molecular weight excluding hydrogens is 432 g/mol. The van der Waals surface area contributed by atoms with Crippen molar-refractivity contribution in [1.82, 2.24) is 15.5 Å². The molecule has 2 aliphatic heterocycles. The van der Waals surface area contributed by atoms with E-state index in [0.717, 1.165) is 10.9 Å². The van der Waals surface area contributed by atoms with E-state index in [4.69, 9.17) is 9.47 Å². The topological polar surface area (TPSA) is 155 Å². The van der Waals surface area contributed by atoms with Gasteiger partial charge in [-0.1, -0.05) is 4.68 Å². The molecule has 1 unspecified atom stereocenters. The van der Waals surface area contributed by atoms with E-state index in [-0.39, 0.29) is 18.8 Å². The lowest BCUT2D eigenvalue weighted by Gasteiger charge is -2.49. The molecule has 0 radical (unpaired) electrons. The second-order valence-corrected chi connectivity index (χ2v) is 9.01. The Kier molecular flexibility index (Phi) is 6.25. The summed E-state index contributed by atoms with van der Waals surface area (Å²) >= 11 is 1.32. The van der Waals surface area contributed by atoms with Gasteiger partial charge in [-0.25, -0.2) is 4.79 Å². The van der Waals surface area contributed by atoms with E-state index < -0.39 is 46.7 Å². The fourth-order valence-electron chi connectivity index (χ4n) is 3.00. The smallest absolute Gasteiger partial charge is 0.355 e. The average molecular weight is 454 g/mol. The summed E-state index contributed by atoms with van der Waals surface area (Å²) in [5.41, 5.74) is -0.324. The summed E-state index contributed by atoms with van der Waals surface area (Å²) in [6.45, 7) is 5.88. The van der Waals surface area contributed by atoms with E-state index in [2.05, 4.69) is 15.1 Å². The SMILES string of the molecule is CC(=O)OCC1=C(C(=O)OC(C)(C)C)N2C(=O)C(NC(=O)C[n+]3cc([O-])on3)[C@@H]2SC1. The number of fused-ring (bicyclic) bond motifs is 1. The van der Waals surface area contributed by atoms with Crippen molar-refractivity contribution in [2.75, 3.05) is 12.4 Å². The molecule has 2 amide bonds. The predicted molar refractivity (Wildman–Crippen MR) is 101 cm³/mol. The lowest BCUT2D eigenvalue weighted by atomic mass is 10.0. The molecule has 0 saturated carbocycles. The van der Waals surface area contributed by atoms with Crippen LogP contribution in [0.3, 0.4) is 0 Å². The molecule has 13 heteroatoms. The number of hydrogen-bond donors (Lipinski definition) is 1. The van der Waals surface area contributed by atoms with Crippen LogP contribution in [0, 0.1) is 0 Å². The summed E-state index contributed by atoms with van der Waals surface area (Å²) in [4.78, 5) is 50.3. The number of hydrogen-bond acceptors (Lipinski definition) is 10. The largest absolute Gasteiger partial charge is 0.539 e. The minimum Gasteiger partial charge on any atom is -0.539 e. The summed E-state index contributed by atoms with van der Waals surface area (Å²) < 4.78 is 15.8. The Labute approximate surface area is 181 Å². The van der Waals surface area contributed by atoms with Crippen molar-refractivity contribution in [2.24, 2.45) is 0 Å². The highest BCUT2D eigenvalue weighted by Gasteiger charge is 2.55. The number of aromatic nitrogens is 2. The van der Waals surface area contributed by atoms with Crippen LogP contribution in [0.5, 0.6) is 5.95 Å². The number of β-lactam (4-membered cyclic amide) rings is 1. The van der Waals surface area contributed by atoms with Gasteiger partial charge < -0.3 is 24.4 Å². The highest BCUT2D eigenvalue weighted by molar-refractivity contribution is 8.00. The van der Waals surface area contributed by atoms with Crippen molar-refractivity contribution in [1.29, 1.82) is 0 Å². The van der Waals surface area contributed by atoms with Crippen LogP contribution in [-0.2, 0) is 35.2 Å². The summed E-state index contributed by atoms with van der Waals surface area (Å²) in [6, 6.07) is -0.871. The fraction of sp³-hybridized carbons (Fsp3) is 0.556. The van der Waals surface area contributed by atoms with Crippen molar-refractivity contribution < 1.29 is 43.0 Å². The maximum absolute atomic E-state index is 12.8. The minimum absolute atomic E-state index is 0.0253. The second-order valence-electron chi connectivity index (χ2n) is 7.91. The van der Waals surface area contributed by atoms with E-state index >= 15 is 0 Å². The van der Waals surface area contributed by atoms with Crippen molar-refractivity contribution >= 4 is 35.5 Å². The van der Waals surface area contributed by atoms with Crippen LogP contribution >= 0.6 is 11.8 Å². The normalized spacial score (nSPS) is 20.6. The van der Waals surface area contributed by atoms with Crippen LogP contribution in [0.1, 0.15) is 27.7 Å². The monoisotopic (exact) mass is 454 g/mol. The Bertz CT molecular complexity index is 951. The zero-order chi connectivity index (χ0) is 22.9. The molecule has 1 N–H and O–H groups in total. The standard InChI is InChI=1S/C18H22N4O8S/c1-9(23)28-7-10-8-31-16-13(19-11(24)5-21-6-12(25)30-20-21)15(26)22(16)14(10)17(27)29-18(2,3)4/h6,13,16H,5,7-8H2,1-4H3,(H-,19,20,24,25)/t13?,16-/m0/s1. The lowest BCUT2D eigenvalue weighted by Crippen LogP contribution is -2.71. The molecule has 1 saturated heterocycles. The number of ether oxygens (including phenoxy) is 2. The van der Waals surface area contributed by atoms with Crippen molar-refractivity contribution in [3.8, 4) is 5.95 Å². The van der Waals surface area contributed by atoms with E-state index in [1.165, 1.54) is 23.6 Å². The Morgan fingerprint density at radius 2 is 2.13 bits per heavy atom. The molecule has 3 rings (SSSR count). The predicted octanol–water partition coefficient (Wildman–Crippen LogP) is -1.41. The lowest BCUT2D eigenvalue weighted by molar-refractivity contribution is -0.751. The molecule has 0 spiro atoms. The van der Waals surface area contributed by atoms with Gasteiger partial charge in [0.05, 0.1) is 5.27 Å². The number of amides is 2. The van der Waals surface area contributed by atoms with E-state index in [1.807, 2.05) is 0 Å². The third-order valence-electron chi connectivity index (χ3n) is 4.20. The highest BCUT2D eigenvalue weighted by Crippen LogP contribution is 2.41. The van der Waals surface area contributed by atoms with Gasteiger partial charge in [0.2, 0.25) is 6.20 Å². The number of carbonyl (C=O) groups is 4. The molecule has 12 nitrogen and oxygen atoms in total. The van der Waals surface area contributed by atoms with E-state index in [0.29, 0.717) is 11.3 Å². The Morgan fingerprint density at radius 1 is 1.42 bits per heavy atom. The molecule has 2 aliphatic rings.